The molecule has 1 saturated heterocycles. The lowest BCUT2D eigenvalue weighted by atomic mass is 9.93. The molecule has 7 heteroatoms. The number of carboxylic acids is 1. The quantitative estimate of drug-likeness (QED) is 0.854. The van der Waals surface area contributed by atoms with E-state index >= 15 is 0 Å². The molecule has 2 aliphatic rings. The predicted molar refractivity (Wildman–Crippen MR) is 78.2 cm³/mol. The summed E-state index contributed by atoms with van der Waals surface area (Å²) >= 11 is 0. The maximum absolute atomic E-state index is 12.4. The fraction of sp³-hybridized carbons (Fsp3) is 0.733. The Hall–Kier alpha value is -1.92. The number of hydrogen-bond acceptors (Lipinski definition) is 4. The highest BCUT2D eigenvalue weighted by Crippen LogP contribution is 2.38. The van der Waals surface area contributed by atoms with Crippen molar-refractivity contribution in [1.29, 1.82) is 0 Å². The van der Waals surface area contributed by atoms with Crippen LogP contribution < -0.4 is 0 Å². The van der Waals surface area contributed by atoms with Crippen LogP contribution in [0.5, 0.6) is 0 Å². The number of carbonyl (C=O) groups is 2. The summed E-state index contributed by atoms with van der Waals surface area (Å²) in [5.74, 6) is 0.122. The number of nitrogens with zero attached hydrogens (tertiary/aromatic N) is 4. The third-order valence-electron chi connectivity index (χ3n) is 4.49. The van der Waals surface area contributed by atoms with Crippen molar-refractivity contribution >= 4 is 11.9 Å². The summed E-state index contributed by atoms with van der Waals surface area (Å²) in [4.78, 5) is 24.9. The zero-order valence-electron chi connectivity index (χ0n) is 12.6. The third-order valence-corrected chi connectivity index (χ3v) is 4.49. The van der Waals surface area contributed by atoms with E-state index in [0.29, 0.717) is 24.8 Å². The van der Waals surface area contributed by atoms with Gasteiger partial charge < -0.3 is 10.0 Å². The van der Waals surface area contributed by atoms with E-state index < -0.39 is 5.97 Å². The van der Waals surface area contributed by atoms with E-state index in [0.717, 1.165) is 25.1 Å². The van der Waals surface area contributed by atoms with Crippen LogP contribution in [-0.2, 0) is 16.1 Å². The molecule has 2 fully saturated rings. The Labute approximate surface area is 129 Å². The van der Waals surface area contributed by atoms with Crippen molar-refractivity contribution < 1.29 is 14.7 Å². The highest BCUT2D eigenvalue weighted by atomic mass is 16.4. The molecule has 0 spiro atoms. The van der Waals surface area contributed by atoms with Crippen molar-refractivity contribution in [1.82, 2.24) is 19.9 Å². The molecule has 0 bridgehead atoms. The van der Waals surface area contributed by atoms with Crippen molar-refractivity contribution in [2.75, 3.05) is 13.1 Å². The number of hydrogen-bond donors (Lipinski definition) is 1. The second-order valence-electron chi connectivity index (χ2n) is 6.40. The molecule has 0 radical (unpaired) electrons. The molecule has 1 aliphatic carbocycles. The van der Waals surface area contributed by atoms with E-state index in [1.54, 1.807) is 4.68 Å². The second kappa shape index (κ2) is 6.46. The van der Waals surface area contributed by atoms with Crippen molar-refractivity contribution in [2.45, 2.75) is 51.0 Å². The maximum atomic E-state index is 12.4. The fourth-order valence-electron chi connectivity index (χ4n) is 3.05. The van der Waals surface area contributed by atoms with Crippen LogP contribution in [0.3, 0.4) is 0 Å². The van der Waals surface area contributed by atoms with Crippen LogP contribution in [0.15, 0.2) is 6.20 Å². The molecule has 1 saturated carbocycles. The van der Waals surface area contributed by atoms with Crippen molar-refractivity contribution in [3.05, 3.63) is 11.9 Å². The van der Waals surface area contributed by atoms with Gasteiger partial charge in [-0.05, 0) is 38.0 Å². The lowest BCUT2D eigenvalue weighted by Crippen LogP contribution is -2.41. The van der Waals surface area contributed by atoms with Crippen LogP contribution in [0.25, 0.3) is 0 Å². The first-order valence-corrected chi connectivity index (χ1v) is 8.01. The summed E-state index contributed by atoms with van der Waals surface area (Å²) in [5, 5.41) is 16.9. The third kappa shape index (κ3) is 3.84. The number of rotatable bonds is 6. The Morgan fingerprint density at radius 2 is 2.14 bits per heavy atom. The van der Waals surface area contributed by atoms with Gasteiger partial charge in [-0.1, -0.05) is 5.21 Å². The Balaban J connectivity index is 1.50. The molecular weight excluding hydrogens is 284 g/mol. The lowest BCUT2D eigenvalue weighted by Gasteiger charge is -2.32. The second-order valence-corrected chi connectivity index (χ2v) is 6.40. The number of aliphatic carboxylic acids is 1. The molecule has 1 amide bonds. The minimum Gasteiger partial charge on any atom is -0.481 e. The predicted octanol–water partition coefficient (Wildman–Crippen LogP) is 1.26. The number of aromatic nitrogens is 3. The molecule has 3 rings (SSSR count). The van der Waals surface area contributed by atoms with Crippen LogP contribution in [0.2, 0.25) is 0 Å². The topological polar surface area (TPSA) is 88.3 Å². The molecule has 1 aromatic heterocycles. The van der Waals surface area contributed by atoms with Gasteiger partial charge >= 0.3 is 5.97 Å². The van der Waals surface area contributed by atoms with Crippen LogP contribution in [0.1, 0.15) is 50.1 Å². The van der Waals surface area contributed by atoms with Crippen LogP contribution in [0.4, 0.5) is 0 Å². The normalized spacial score (nSPS) is 21.8. The summed E-state index contributed by atoms with van der Waals surface area (Å²) in [6, 6.07) is 0. The summed E-state index contributed by atoms with van der Waals surface area (Å²) < 4.78 is 1.62. The van der Waals surface area contributed by atoms with Gasteiger partial charge in [0, 0.05) is 31.6 Å². The Kier molecular flexibility index (Phi) is 4.40. The molecule has 1 N–H and O–H groups in total. The van der Waals surface area contributed by atoms with Crippen LogP contribution >= 0.6 is 0 Å². The van der Waals surface area contributed by atoms with Crippen LogP contribution in [-0.4, -0.2) is 50.0 Å². The van der Waals surface area contributed by atoms with E-state index in [1.165, 1.54) is 12.8 Å². The molecule has 2 heterocycles. The van der Waals surface area contributed by atoms with E-state index in [2.05, 4.69) is 10.3 Å². The smallest absolute Gasteiger partial charge is 0.303 e. The number of likely N-dealkylation sites (tertiary alicyclic amines) is 1. The van der Waals surface area contributed by atoms with Gasteiger partial charge in [0.05, 0.1) is 5.69 Å². The average Bonchev–Trinajstić information content (AvgIpc) is 3.26. The number of carbonyl (C=O) groups excluding carboxylic acids is 1. The van der Waals surface area contributed by atoms with Gasteiger partial charge in [-0.3, -0.25) is 9.59 Å². The summed E-state index contributed by atoms with van der Waals surface area (Å²) in [7, 11) is 0. The highest BCUT2D eigenvalue weighted by molar-refractivity contribution is 5.76. The van der Waals surface area contributed by atoms with Gasteiger partial charge in [0.2, 0.25) is 5.91 Å². The zero-order chi connectivity index (χ0) is 15.5. The number of carboxylic acid groups (broad SMARTS) is 1. The minimum atomic E-state index is -0.765. The van der Waals surface area contributed by atoms with Gasteiger partial charge in [-0.2, -0.15) is 0 Å². The summed E-state index contributed by atoms with van der Waals surface area (Å²) in [6.45, 7) is 1.65. The van der Waals surface area contributed by atoms with Gasteiger partial charge in [-0.15, -0.1) is 5.10 Å². The lowest BCUT2D eigenvalue weighted by molar-refractivity contribution is -0.137. The minimum absolute atomic E-state index is 0.0484. The van der Waals surface area contributed by atoms with Crippen LogP contribution in [0, 0.1) is 5.92 Å². The number of amides is 1. The zero-order valence-corrected chi connectivity index (χ0v) is 12.6. The van der Waals surface area contributed by atoms with Crippen molar-refractivity contribution in [3.8, 4) is 0 Å². The molecule has 120 valence electrons. The van der Waals surface area contributed by atoms with Gasteiger partial charge in [0.25, 0.3) is 0 Å². The monoisotopic (exact) mass is 306 g/mol. The standard InChI is InChI=1S/C15H22N4O3/c20-14(10-19-9-13(16-17-19)12-4-5-12)18-7-1-2-11(8-18)3-6-15(21)22/h9,11-12H,1-8,10H2,(H,21,22)/t11-/m0/s1. The summed E-state index contributed by atoms with van der Waals surface area (Å²) in [5.41, 5.74) is 0.991. The molecule has 0 unspecified atom stereocenters. The Morgan fingerprint density at radius 1 is 1.32 bits per heavy atom. The van der Waals surface area contributed by atoms with E-state index in [-0.39, 0.29) is 18.9 Å². The highest BCUT2D eigenvalue weighted by Gasteiger charge is 2.28. The van der Waals surface area contributed by atoms with E-state index in [4.69, 9.17) is 5.11 Å². The first-order valence-electron chi connectivity index (χ1n) is 8.01. The Morgan fingerprint density at radius 3 is 2.86 bits per heavy atom. The maximum Gasteiger partial charge on any atom is 0.303 e. The SMILES string of the molecule is O=C(O)CC[C@@H]1CCCN(C(=O)Cn2cc(C3CC3)nn2)C1. The fourth-order valence-corrected chi connectivity index (χ4v) is 3.05. The average molecular weight is 306 g/mol. The molecule has 1 aromatic rings. The summed E-state index contributed by atoms with van der Waals surface area (Å²) in [6.07, 6.45) is 7.00. The van der Waals surface area contributed by atoms with Gasteiger partial charge in [0.15, 0.2) is 0 Å². The molecule has 1 aliphatic heterocycles. The van der Waals surface area contributed by atoms with Crippen molar-refractivity contribution in [3.63, 3.8) is 0 Å². The van der Waals surface area contributed by atoms with Gasteiger partial charge in [-0.25, -0.2) is 4.68 Å². The first-order chi connectivity index (χ1) is 10.6. The first kappa shape index (κ1) is 15.0. The molecule has 0 aromatic carbocycles. The van der Waals surface area contributed by atoms with Gasteiger partial charge in [0.1, 0.15) is 6.54 Å². The van der Waals surface area contributed by atoms with E-state index in [1.807, 2.05) is 11.1 Å². The molecular formula is C15H22N4O3. The molecule has 7 nitrogen and oxygen atoms in total. The molecule has 22 heavy (non-hydrogen) atoms. The molecule has 1 atom stereocenters. The Bertz CT molecular complexity index is 553. The van der Waals surface area contributed by atoms with Crippen molar-refractivity contribution in [2.24, 2.45) is 5.92 Å². The number of piperidine rings is 1. The van der Waals surface area contributed by atoms with E-state index in [9.17, 15) is 9.59 Å². The largest absolute Gasteiger partial charge is 0.481 e.